The van der Waals surface area contributed by atoms with Crippen molar-refractivity contribution in [3.8, 4) is 11.4 Å². The van der Waals surface area contributed by atoms with Crippen molar-refractivity contribution in [2.75, 3.05) is 18.0 Å². The highest BCUT2D eigenvalue weighted by molar-refractivity contribution is 6.42. The Bertz CT molecular complexity index is 900. The van der Waals surface area contributed by atoms with E-state index in [-0.39, 0.29) is 0 Å². The van der Waals surface area contributed by atoms with Crippen LogP contribution in [-0.2, 0) is 0 Å². The van der Waals surface area contributed by atoms with Crippen molar-refractivity contribution in [3.63, 3.8) is 0 Å². The summed E-state index contributed by atoms with van der Waals surface area (Å²) in [6.45, 7) is 3.91. The van der Waals surface area contributed by atoms with Crippen LogP contribution in [0.1, 0.15) is 30.2 Å². The predicted molar refractivity (Wildman–Crippen MR) is 105 cm³/mol. The van der Waals surface area contributed by atoms with Crippen LogP contribution in [-0.4, -0.2) is 23.2 Å². The molecule has 0 spiro atoms. The molecule has 1 aromatic heterocycles. The van der Waals surface area contributed by atoms with Crippen molar-refractivity contribution in [1.82, 2.24) is 10.1 Å². The first-order valence-electron chi connectivity index (χ1n) is 8.71. The zero-order valence-corrected chi connectivity index (χ0v) is 16.0. The lowest BCUT2D eigenvalue weighted by Gasteiger charge is -2.32. The highest BCUT2D eigenvalue weighted by atomic mass is 35.5. The summed E-state index contributed by atoms with van der Waals surface area (Å²) in [6.07, 6.45) is 1.94. The number of halogens is 2. The minimum atomic E-state index is 0.292. The summed E-state index contributed by atoms with van der Waals surface area (Å²) in [5.74, 6) is 1.68. The van der Waals surface area contributed by atoms with E-state index in [4.69, 9.17) is 27.7 Å². The van der Waals surface area contributed by atoms with Crippen molar-refractivity contribution in [2.24, 2.45) is 0 Å². The van der Waals surface area contributed by atoms with Crippen LogP contribution in [0.2, 0.25) is 10.0 Å². The van der Waals surface area contributed by atoms with Crippen LogP contribution in [0.3, 0.4) is 0 Å². The molecule has 4 rings (SSSR count). The normalized spacial score (nSPS) is 15.4. The van der Waals surface area contributed by atoms with E-state index in [1.165, 1.54) is 5.56 Å². The van der Waals surface area contributed by atoms with Gasteiger partial charge in [0, 0.05) is 30.3 Å². The van der Waals surface area contributed by atoms with Crippen molar-refractivity contribution >= 4 is 28.9 Å². The number of hydrogen-bond donors (Lipinski definition) is 0. The van der Waals surface area contributed by atoms with Gasteiger partial charge in [-0.25, -0.2) is 0 Å². The number of aryl methyl sites for hydroxylation is 1. The van der Waals surface area contributed by atoms with E-state index in [2.05, 4.69) is 34.1 Å². The third-order valence-corrected chi connectivity index (χ3v) is 5.60. The standard InChI is InChI=1S/C20H19Cl2N3O/c1-13-2-4-14(5-3-13)19-23-20(26-24-19)15-8-10-25(11-9-15)16-6-7-17(21)18(22)12-16/h2-7,12,15H,8-11H2,1H3. The Morgan fingerprint density at radius 3 is 2.42 bits per heavy atom. The topological polar surface area (TPSA) is 42.2 Å². The van der Waals surface area contributed by atoms with Gasteiger partial charge in [0.05, 0.1) is 10.0 Å². The van der Waals surface area contributed by atoms with E-state index in [9.17, 15) is 0 Å². The first-order valence-corrected chi connectivity index (χ1v) is 9.46. The molecule has 134 valence electrons. The van der Waals surface area contributed by atoms with Crippen LogP contribution in [0.4, 0.5) is 5.69 Å². The molecule has 3 aromatic rings. The summed E-state index contributed by atoms with van der Waals surface area (Å²) in [6, 6.07) is 13.9. The van der Waals surface area contributed by atoms with Crippen LogP contribution in [0.5, 0.6) is 0 Å². The van der Waals surface area contributed by atoms with E-state index in [1.54, 1.807) is 0 Å². The maximum atomic E-state index is 6.14. The molecule has 2 heterocycles. The summed E-state index contributed by atoms with van der Waals surface area (Å²) in [4.78, 5) is 6.94. The van der Waals surface area contributed by atoms with Crippen molar-refractivity contribution < 1.29 is 4.52 Å². The fourth-order valence-electron chi connectivity index (χ4n) is 3.29. The lowest BCUT2D eigenvalue weighted by molar-refractivity contribution is 0.329. The van der Waals surface area contributed by atoms with Gasteiger partial charge in [0.2, 0.25) is 11.7 Å². The van der Waals surface area contributed by atoms with E-state index in [0.29, 0.717) is 21.8 Å². The summed E-state index contributed by atoms with van der Waals surface area (Å²) in [7, 11) is 0. The van der Waals surface area contributed by atoms with Crippen molar-refractivity contribution in [3.05, 3.63) is 64.0 Å². The highest BCUT2D eigenvalue weighted by Gasteiger charge is 2.25. The monoisotopic (exact) mass is 387 g/mol. The molecule has 4 nitrogen and oxygen atoms in total. The van der Waals surface area contributed by atoms with E-state index < -0.39 is 0 Å². The Kier molecular flexibility index (Phi) is 4.88. The molecule has 1 aliphatic rings. The van der Waals surface area contributed by atoms with Crippen molar-refractivity contribution in [2.45, 2.75) is 25.7 Å². The van der Waals surface area contributed by atoms with Gasteiger partial charge in [-0.1, -0.05) is 58.2 Å². The Morgan fingerprint density at radius 2 is 1.73 bits per heavy atom. The lowest BCUT2D eigenvalue weighted by atomic mass is 9.96. The summed E-state index contributed by atoms with van der Waals surface area (Å²) < 4.78 is 5.55. The molecule has 0 radical (unpaired) electrons. The summed E-state index contributed by atoms with van der Waals surface area (Å²) >= 11 is 12.1. The summed E-state index contributed by atoms with van der Waals surface area (Å²) in [5, 5.41) is 5.33. The Hall–Kier alpha value is -2.04. The van der Waals surface area contributed by atoms with Crippen LogP contribution in [0, 0.1) is 6.92 Å². The first-order chi connectivity index (χ1) is 12.6. The number of benzene rings is 2. The molecule has 1 aliphatic heterocycles. The molecule has 0 amide bonds. The number of rotatable bonds is 3. The molecule has 1 fully saturated rings. The van der Waals surface area contributed by atoms with Gasteiger partial charge < -0.3 is 9.42 Å². The number of nitrogens with zero attached hydrogens (tertiary/aromatic N) is 3. The third kappa shape index (κ3) is 3.57. The van der Waals surface area contributed by atoms with Gasteiger partial charge in [0.1, 0.15) is 0 Å². The molecule has 0 aliphatic carbocycles. The smallest absolute Gasteiger partial charge is 0.230 e. The van der Waals surface area contributed by atoms with Crippen LogP contribution < -0.4 is 4.90 Å². The predicted octanol–water partition coefficient (Wildman–Crippen LogP) is 5.74. The minimum Gasteiger partial charge on any atom is -0.371 e. The molecule has 0 saturated carbocycles. The molecule has 0 N–H and O–H groups in total. The van der Waals surface area contributed by atoms with Gasteiger partial charge in [-0.05, 0) is 38.0 Å². The largest absolute Gasteiger partial charge is 0.371 e. The van der Waals surface area contributed by atoms with E-state index >= 15 is 0 Å². The molecule has 0 unspecified atom stereocenters. The van der Waals surface area contributed by atoms with Gasteiger partial charge in [-0.15, -0.1) is 0 Å². The molecular formula is C20H19Cl2N3O. The van der Waals surface area contributed by atoms with Gasteiger partial charge in [-0.2, -0.15) is 4.98 Å². The van der Waals surface area contributed by atoms with Gasteiger partial charge in [0.25, 0.3) is 0 Å². The minimum absolute atomic E-state index is 0.292. The Labute approximate surface area is 162 Å². The highest BCUT2D eigenvalue weighted by Crippen LogP contribution is 2.33. The van der Waals surface area contributed by atoms with E-state index in [0.717, 1.165) is 43.1 Å². The number of aromatic nitrogens is 2. The Morgan fingerprint density at radius 1 is 1.00 bits per heavy atom. The second kappa shape index (κ2) is 7.29. The maximum absolute atomic E-state index is 6.14. The fraction of sp³-hybridized carbons (Fsp3) is 0.300. The molecule has 26 heavy (non-hydrogen) atoms. The molecule has 0 atom stereocenters. The second-order valence-corrected chi connectivity index (χ2v) is 7.50. The average molecular weight is 388 g/mol. The van der Waals surface area contributed by atoms with Crippen LogP contribution >= 0.6 is 23.2 Å². The third-order valence-electron chi connectivity index (χ3n) is 4.86. The molecule has 2 aromatic carbocycles. The quantitative estimate of drug-likeness (QED) is 0.574. The molecule has 6 heteroatoms. The number of anilines is 1. The van der Waals surface area contributed by atoms with E-state index in [1.807, 2.05) is 30.3 Å². The fourth-order valence-corrected chi connectivity index (χ4v) is 3.58. The van der Waals surface area contributed by atoms with Gasteiger partial charge in [-0.3, -0.25) is 0 Å². The first kappa shape index (κ1) is 17.4. The lowest BCUT2D eigenvalue weighted by Crippen LogP contribution is -2.32. The zero-order valence-electron chi connectivity index (χ0n) is 14.5. The zero-order chi connectivity index (χ0) is 18.1. The van der Waals surface area contributed by atoms with Crippen LogP contribution in [0.25, 0.3) is 11.4 Å². The van der Waals surface area contributed by atoms with Gasteiger partial charge >= 0.3 is 0 Å². The number of piperidine rings is 1. The summed E-state index contributed by atoms with van der Waals surface area (Å²) in [5.41, 5.74) is 3.30. The molecule has 0 bridgehead atoms. The molecular weight excluding hydrogens is 369 g/mol. The Balaban J connectivity index is 1.43. The molecule has 1 saturated heterocycles. The average Bonchev–Trinajstić information content (AvgIpc) is 3.15. The SMILES string of the molecule is Cc1ccc(-c2noc(C3CCN(c4ccc(Cl)c(Cl)c4)CC3)n2)cc1. The van der Waals surface area contributed by atoms with Crippen molar-refractivity contribution in [1.29, 1.82) is 0 Å². The maximum Gasteiger partial charge on any atom is 0.230 e. The van der Waals surface area contributed by atoms with Crippen LogP contribution in [0.15, 0.2) is 47.0 Å². The van der Waals surface area contributed by atoms with Gasteiger partial charge in [0.15, 0.2) is 0 Å². The number of hydrogen-bond acceptors (Lipinski definition) is 4. The second-order valence-electron chi connectivity index (χ2n) is 6.68.